The van der Waals surface area contributed by atoms with Crippen LogP contribution in [0.1, 0.15) is 18.4 Å². The Balaban J connectivity index is 2.18. The molecular formula is C15H15Cl2N3O4. The lowest BCUT2D eigenvalue weighted by Gasteiger charge is -2.17. The summed E-state index contributed by atoms with van der Waals surface area (Å²) in [6, 6.07) is 3.63. The minimum absolute atomic E-state index is 0.365. The molecule has 1 amide bonds. The molecule has 7 nitrogen and oxygen atoms in total. The predicted octanol–water partition coefficient (Wildman–Crippen LogP) is 1.84. The number of carbonyl (C=O) groups excluding carboxylic acids is 1. The number of hydrogen-bond donors (Lipinski definition) is 3. The predicted molar refractivity (Wildman–Crippen MR) is 88.7 cm³/mol. The first kappa shape index (κ1) is 18.3. The molecular weight excluding hydrogens is 357 g/mol. The van der Waals surface area contributed by atoms with E-state index < -0.39 is 30.4 Å². The molecule has 1 heterocycles. The smallest absolute Gasteiger partial charge is 0.328 e. The zero-order valence-electron chi connectivity index (χ0n) is 12.6. The Bertz CT molecular complexity index is 763. The molecule has 128 valence electrons. The molecule has 0 fully saturated rings. The molecule has 2 aromatic rings. The molecule has 0 aliphatic rings. The lowest BCUT2D eigenvalue weighted by molar-refractivity contribution is -0.143. The van der Waals surface area contributed by atoms with Gasteiger partial charge in [0.15, 0.2) is 0 Å². The van der Waals surface area contributed by atoms with Gasteiger partial charge in [-0.1, -0.05) is 29.3 Å². The van der Waals surface area contributed by atoms with Crippen molar-refractivity contribution in [2.24, 2.45) is 0 Å². The van der Waals surface area contributed by atoms with Crippen molar-refractivity contribution in [2.45, 2.75) is 18.9 Å². The van der Waals surface area contributed by atoms with Crippen molar-refractivity contribution in [3.05, 3.63) is 46.2 Å². The van der Waals surface area contributed by atoms with Gasteiger partial charge in [0, 0.05) is 6.20 Å². The number of benzene rings is 1. The Labute approximate surface area is 147 Å². The van der Waals surface area contributed by atoms with Crippen molar-refractivity contribution in [3.63, 3.8) is 0 Å². The van der Waals surface area contributed by atoms with Crippen LogP contribution in [-0.4, -0.2) is 44.5 Å². The fourth-order valence-electron chi connectivity index (χ4n) is 2.04. The number of rotatable bonds is 6. The highest BCUT2D eigenvalue weighted by molar-refractivity contribution is 6.32. The number of nitrogens with zero attached hydrogens (tertiary/aromatic N) is 2. The maximum atomic E-state index is 12.1. The van der Waals surface area contributed by atoms with Crippen molar-refractivity contribution in [3.8, 4) is 5.69 Å². The molecule has 0 spiro atoms. The SMILES string of the molecule is CC(C(=O)N[C@@H](CO)C(=O)O)c1ccc(-n2cc(Cl)cn2)c(Cl)c1. The molecule has 0 bridgehead atoms. The van der Waals surface area contributed by atoms with E-state index in [0.717, 1.165) is 0 Å². The van der Waals surface area contributed by atoms with E-state index in [0.29, 0.717) is 21.3 Å². The number of aliphatic hydroxyl groups is 1. The highest BCUT2D eigenvalue weighted by Crippen LogP contribution is 2.26. The van der Waals surface area contributed by atoms with E-state index in [1.807, 2.05) is 0 Å². The second kappa shape index (κ2) is 7.65. The molecule has 0 saturated carbocycles. The molecule has 0 saturated heterocycles. The van der Waals surface area contributed by atoms with Crippen molar-refractivity contribution in [1.82, 2.24) is 15.1 Å². The maximum absolute atomic E-state index is 12.1. The van der Waals surface area contributed by atoms with E-state index >= 15 is 0 Å². The molecule has 24 heavy (non-hydrogen) atoms. The van der Waals surface area contributed by atoms with Gasteiger partial charge in [0.05, 0.1) is 34.5 Å². The topological polar surface area (TPSA) is 104 Å². The number of aliphatic hydroxyl groups excluding tert-OH is 1. The van der Waals surface area contributed by atoms with E-state index in [4.69, 9.17) is 33.4 Å². The lowest BCUT2D eigenvalue weighted by atomic mass is 9.99. The van der Waals surface area contributed by atoms with Crippen molar-refractivity contribution in [1.29, 1.82) is 0 Å². The van der Waals surface area contributed by atoms with E-state index in [9.17, 15) is 9.59 Å². The highest BCUT2D eigenvalue weighted by Gasteiger charge is 2.23. The standard InChI is InChI=1S/C15H15Cl2N3O4/c1-8(14(22)19-12(7-21)15(23)24)9-2-3-13(11(17)4-9)20-6-10(16)5-18-20/h2-6,8,12,21H,7H2,1H3,(H,19,22)(H,23,24)/t8?,12-/m0/s1. The van der Waals surface area contributed by atoms with E-state index in [1.165, 1.54) is 10.9 Å². The van der Waals surface area contributed by atoms with Crippen LogP contribution < -0.4 is 5.32 Å². The van der Waals surface area contributed by atoms with Gasteiger partial charge in [0.1, 0.15) is 6.04 Å². The first-order valence-electron chi connectivity index (χ1n) is 6.97. The summed E-state index contributed by atoms with van der Waals surface area (Å²) in [4.78, 5) is 23.0. The molecule has 0 aliphatic carbocycles. The van der Waals surface area contributed by atoms with Crippen molar-refractivity contribution in [2.75, 3.05) is 6.61 Å². The zero-order chi connectivity index (χ0) is 17.9. The van der Waals surface area contributed by atoms with E-state index in [-0.39, 0.29) is 0 Å². The third-order valence-electron chi connectivity index (χ3n) is 3.46. The Hall–Kier alpha value is -2.09. The lowest BCUT2D eigenvalue weighted by Crippen LogP contribution is -2.44. The van der Waals surface area contributed by atoms with Gasteiger partial charge in [0.25, 0.3) is 0 Å². The summed E-state index contributed by atoms with van der Waals surface area (Å²) >= 11 is 12.1. The normalized spacial score (nSPS) is 13.3. The molecule has 0 aliphatic heterocycles. The summed E-state index contributed by atoms with van der Waals surface area (Å²) in [5, 5.41) is 25.0. The third kappa shape index (κ3) is 4.05. The summed E-state index contributed by atoms with van der Waals surface area (Å²) in [7, 11) is 0. The summed E-state index contributed by atoms with van der Waals surface area (Å²) in [5.41, 5.74) is 1.19. The van der Waals surface area contributed by atoms with Crippen LogP contribution in [0.5, 0.6) is 0 Å². The monoisotopic (exact) mass is 371 g/mol. The largest absolute Gasteiger partial charge is 0.480 e. The molecule has 3 N–H and O–H groups in total. The van der Waals surface area contributed by atoms with Crippen LogP contribution in [0.2, 0.25) is 10.0 Å². The number of carboxylic acids is 1. The second-order valence-electron chi connectivity index (χ2n) is 5.12. The Kier molecular flexibility index (Phi) is 5.82. The quantitative estimate of drug-likeness (QED) is 0.718. The molecule has 2 atom stereocenters. The van der Waals surface area contributed by atoms with Crippen molar-refractivity contribution < 1.29 is 19.8 Å². The average molecular weight is 372 g/mol. The third-order valence-corrected chi connectivity index (χ3v) is 3.96. The number of amides is 1. The summed E-state index contributed by atoms with van der Waals surface area (Å²) in [6.45, 7) is 0.926. The summed E-state index contributed by atoms with van der Waals surface area (Å²) < 4.78 is 1.51. The van der Waals surface area contributed by atoms with Gasteiger partial charge in [-0.15, -0.1) is 0 Å². The van der Waals surface area contributed by atoms with Crippen LogP contribution in [0.25, 0.3) is 5.69 Å². The highest BCUT2D eigenvalue weighted by atomic mass is 35.5. The summed E-state index contributed by atoms with van der Waals surface area (Å²) in [5.74, 6) is -2.48. The number of hydrogen-bond acceptors (Lipinski definition) is 4. The van der Waals surface area contributed by atoms with Crippen LogP contribution in [-0.2, 0) is 9.59 Å². The minimum Gasteiger partial charge on any atom is -0.480 e. The first-order chi connectivity index (χ1) is 11.3. The molecule has 0 radical (unpaired) electrons. The van der Waals surface area contributed by atoms with Gasteiger partial charge in [-0.25, -0.2) is 9.48 Å². The fourth-order valence-corrected chi connectivity index (χ4v) is 2.46. The minimum atomic E-state index is -1.35. The Morgan fingerprint density at radius 3 is 2.58 bits per heavy atom. The number of carbonyl (C=O) groups is 2. The number of halogens is 2. The molecule has 9 heteroatoms. The van der Waals surface area contributed by atoms with Gasteiger partial charge >= 0.3 is 5.97 Å². The number of aromatic nitrogens is 2. The van der Waals surface area contributed by atoms with E-state index in [2.05, 4.69) is 10.4 Å². The fraction of sp³-hybridized carbons (Fsp3) is 0.267. The first-order valence-corrected chi connectivity index (χ1v) is 7.73. The number of carboxylic acid groups (broad SMARTS) is 1. The van der Waals surface area contributed by atoms with Crippen LogP contribution in [0.3, 0.4) is 0 Å². The van der Waals surface area contributed by atoms with Crippen LogP contribution in [0, 0.1) is 0 Å². The van der Waals surface area contributed by atoms with Gasteiger partial charge in [-0.3, -0.25) is 4.79 Å². The zero-order valence-corrected chi connectivity index (χ0v) is 14.1. The molecule has 1 aromatic heterocycles. The van der Waals surface area contributed by atoms with E-state index in [1.54, 1.807) is 31.3 Å². The van der Waals surface area contributed by atoms with Crippen LogP contribution in [0.4, 0.5) is 0 Å². The van der Waals surface area contributed by atoms with Crippen molar-refractivity contribution >= 4 is 35.1 Å². The number of nitrogens with one attached hydrogen (secondary N) is 1. The van der Waals surface area contributed by atoms with Gasteiger partial charge in [-0.05, 0) is 24.6 Å². The number of aliphatic carboxylic acids is 1. The van der Waals surface area contributed by atoms with Crippen LogP contribution >= 0.6 is 23.2 Å². The second-order valence-corrected chi connectivity index (χ2v) is 5.96. The van der Waals surface area contributed by atoms with Gasteiger partial charge in [-0.2, -0.15) is 5.10 Å². The molecule has 1 unspecified atom stereocenters. The Morgan fingerprint density at radius 2 is 2.08 bits per heavy atom. The maximum Gasteiger partial charge on any atom is 0.328 e. The van der Waals surface area contributed by atoms with Gasteiger partial charge < -0.3 is 15.5 Å². The molecule has 1 aromatic carbocycles. The Morgan fingerprint density at radius 1 is 1.38 bits per heavy atom. The van der Waals surface area contributed by atoms with Gasteiger partial charge in [0.2, 0.25) is 5.91 Å². The molecule has 2 rings (SSSR count). The van der Waals surface area contributed by atoms with Crippen LogP contribution in [0.15, 0.2) is 30.6 Å². The average Bonchev–Trinajstić information content (AvgIpc) is 2.97. The summed E-state index contributed by atoms with van der Waals surface area (Å²) in [6.07, 6.45) is 3.07.